The molecule has 0 saturated heterocycles. The van der Waals surface area contributed by atoms with Gasteiger partial charge < -0.3 is 5.32 Å². The smallest absolute Gasteiger partial charge is 0.258 e. The van der Waals surface area contributed by atoms with E-state index >= 15 is 0 Å². The van der Waals surface area contributed by atoms with Crippen molar-refractivity contribution < 1.29 is 0 Å². The fourth-order valence-electron chi connectivity index (χ4n) is 1.83. The summed E-state index contributed by atoms with van der Waals surface area (Å²) >= 11 is 0. The van der Waals surface area contributed by atoms with Crippen LogP contribution >= 0.6 is 0 Å². The standard InChI is InChI=1S/C15H19N3O/c1-15(2,3)12-10-16-14(18(4)13(12)19)17-11-8-6-5-7-9-11/h5-10H,1-4H3,(H,16,17). The maximum Gasteiger partial charge on any atom is 0.258 e. The van der Waals surface area contributed by atoms with Crippen molar-refractivity contribution in [3.63, 3.8) is 0 Å². The Kier molecular flexibility index (Phi) is 3.42. The largest absolute Gasteiger partial charge is 0.326 e. The van der Waals surface area contributed by atoms with E-state index in [-0.39, 0.29) is 11.0 Å². The molecule has 0 amide bonds. The van der Waals surface area contributed by atoms with E-state index in [1.165, 1.54) is 0 Å². The molecule has 0 radical (unpaired) electrons. The third kappa shape index (κ3) is 2.84. The average Bonchev–Trinajstić information content (AvgIpc) is 2.35. The van der Waals surface area contributed by atoms with Crippen LogP contribution in [0.1, 0.15) is 26.3 Å². The van der Waals surface area contributed by atoms with Gasteiger partial charge in [0.05, 0.1) is 0 Å². The Balaban J connectivity index is 2.40. The number of aromatic nitrogens is 2. The Bertz CT molecular complexity index is 624. The second-order valence-electron chi connectivity index (χ2n) is 5.60. The summed E-state index contributed by atoms with van der Waals surface area (Å²) in [4.78, 5) is 16.7. The number of hydrogen-bond acceptors (Lipinski definition) is 3. The van der Waals surface area contributed by atoms with Crippen molar-refractivity contribution in [3.05, 3.63) is 52.4 Å². The zero-order chi connectivity index (χ0) is 14.0. The van der Waals surface area contributed by atoms with E-state index in [0.717, 1.165) is 5.69 Å². The molecule has 2 rings (SSSR count). The molecule has 19 heavy (non-hydrogen) atoms. The Labute approximate surface area is 113 Å². The third-order valence-electron chi connectivity index (χ3n) is 3.01. The van der Waals surface area contributed by atoms with E-state index in [9.17, 15) is 4.79 Å². The maximum absolute atomic E-state index is 12.3. The highest BCUT2D eigenvalue weighted by Crippen LogP contribution is 2.19. The second-order valence-corrected chi connectivity index (χ2v) is 5.60. The van der Waals surface area contributed by atoms with E-state index in [2.05, 4.69) is 10.3 Å². The van der Waals surface area contributed by atoms with Crippen molar-refractivity contribution in [2.24, 2.45) is 7.05 Å². The Morgan fingerprint density at radius 2 is 1.79 bits per heavy atom. The molecule has 4 nitrogen and oxygen atoms in total. The van der Waals surface area contributed by atoms with Gasteiger partial charge in [-0.25, -0.2) is 4.98 Å². The van der Waals surface area contributed by atoms with Crippen LogP contribution in [0.3, 0.4) is 0 Å². The van der Waals surface area contributed by atoms with Crippen LogP contribution < -0.4 is 10.9 Å². The van der Waals surface area contributed by atoms with Crippen molar-refractivity contribution >= 4 is 11.6 Å². The normalized spacial score (nSPS) is 11.4. The highest BCUT2D eigenvalue weighted by molar-refractivity contribution is 5.53. The minimum atomic E-state index is -0.201. The van der Waals surface area contributed by atoms with Crippen molar-refractivity contribution in [3.8, 4) is 0 Å². The summed E-state index contributed by atoms with van der Waals surface area (Å²) in [6.45, 7) is 6.03. The Morgan fingerprint density at radius 3 is 2.37 bits per heavy atom. The lowest BCUT2D eigenvalue weighted by Gasteiger charge is -2.19. The minimum absolute atomic E-state index is 0.0130. The minimum Gasteiger partial charge on any atom is -0.326 e. The van der Waals surface area contributed by atoms with Gasteiger partial charge in [0.1, 0.15) is 0 Å². The van der Waals surface area contributed by atoms with Gasteiger partial charge in [-0.05, 0) is 17.5 Å². The number of rotatable bonds is 2. The molecular formula is C15H19N3O. The highest BCUT2D eigenvalue weighted by Gasteiger charge is 2.20. The van der Waals surface area contributed by atoms with Gasteiger partial charge in [-0.1, -0.05) is 39.0 Å². The number of hydrogen-bond donors (Lipinski definition) is 1. The van der Waals surface area contributed by atoms with Crippen LogP contribution in [-0.4, -0.2) is 9.55 Å². The molecule has 0 aliphatic heterocycles. The molecule has 0 aliphatic carbocycles. The predicted octanol–water partition coefficient (Wildman–Crippen LogP) is 2.82. The van der Waals surface area contributed by atoms with Gasteiger partial charge in [-0.2, -0.15) is 0 Å². The van der Waals surface area contributed by atoms with Gasteiger partial charge in [0.15, 0.2) is 0 Å². The average molecular weight is 257 g/mol. The van der Waals surface area contributed by atoms with Gasteiger partial charge in [0, 0.05) is 24.5 Å². The number of nitrogens with one attached hydrogen (secondary N) is 1. The first kappa shape index (κ1) is 13.3. The van der Waals surface area contributed by atoms with Crippen LogP contribution in [0, 0.1) is 0 Å². The lowest BCUT2D eigenvalue weighted by molar-refractivity contribution is 0.569. The summed E-state index contributed by atoms with van der Waals surface area (Å²) in [7, 11) is 1.73. The van der Waals surface area contributed by atoms with Gasteiger partial charge in [-0.15, -0.1) is 0 Å². The van der Waals surface area contributed by atoms with E-state index in [4.69, 9.17) is 0 Å². The summed E-state index contributed by atoms with van der Waals surface area (Å²) in [5.41, 5.74) is 1.41. The zero-order valence-corrected chi connectivity index (χ0v) is 11.8. The maximum atomic E-state index is 12.3. The molecule has 0 saturated carbocycles. The van der Waals surface area contributed by atoms with Crippen LogP contribution in [0.25, 0.3) is 0 Å². The molecule has 0 spiro atoms. The highest BCUT2D eigenvalue weighted by atomic mass is 16.1. The number of para-hydroxylation sites is 1. The summed E-state index contributed by atoms with van der Waals surface area (Å²) in [5, 5.41) is 3.14. The third-order valence-corrected chi connectivity index (χ3v) is 3.01. The monoisotopic (exact) mass is 257 g/mol. The van der Waals surface area contributed by atoms with Gasteiger partial charge >= 0.3 is 0 Å². The molecule has 1 heterocycles. The zero-order valence-electron chi connectivity index (χ0n) is 11.8. The lowest BCUT2D eigenvalue weighted by Crippen LogP contribution is -2.30. The van der Waals surface area contributed by atoms with Crippen molar-refractivity contribution in [2.45, 2.75) is 26.2 Å². The van der Waals surface area contributed by atoms with Crippen LogP contribution in [0.4, 0.5) is 11.6 Å². The first-order valence-electron chi connectivity index (χ1n) is 6.28. The molecule has 4 heteroatoms. The molecular weight excluding hydrogens is 238 g/mol. The molecule has 0 bridgehead atoms. The summed E-state index contributed by atoms with van der Waals surface area (Å²) < 4.78 is 1.55. The summed E-state index contributed by atoms with van der Waals surface area (Å²) in [5.74, 6) is 0.546. The molecule has 0 unspecified atom stereocenters. The van der Waals surface area contributed by atoms with Crippen LogP contribution in [-0.2, 0) is 12.5 Å². The van der Waals surface area contributed by atoms with Crippen LogP contribution in [0.5, 0.6) is 0 Å². The summed E-state index contributed by atoms with van der Waals surface area (Å²) in [6, 6.07) is 9.68. The SMILES string of the molecule is Cn1c(Nc2ccccc2)ncc(C(C)(C)C)c1=O. The number of benzene rings is 1. The van der Waals surface area contributed by atoms with Crippen molar-refractivity contribution in [2.75, 3.05) is 5.32 Å². The lowest BCUT2D eigenvalue weighted by atomic mass is 9.89. The molecule has 0 fully saturated rings. The Hall–Kier alpha value is -2.10. The molecule has 100 valence electrons. The van der Waals surface area contributed by atoms with Gasteiger partial charge in [0.2, 0.25) is 5.95 Å². The summed E-state index contributed by atoms with van der Waals surface area (Å²) in [6.07, 6.45) is 1.66. The first-order chi connectivity index (χ1) is 8.89. The van der Waals surface area contributed by atoms with E-state index in [0.29, 0.717) is 11.5 Å². The fourth-order valence-corrected chi connectivity index (χ4v) is 1.83. The molecule has 0 aliphatic rings. The van der Waals surface area contributed by atoms with E-state index < -0.39 is 0 Å². The predicted molar refractivity (Wildman–Crippen MR) is 77.9 cm³/mol. The second kappa shape index (κ2) is 4.88. The molecule has 1 N–H and O–H groups in total. The van der Waals surface area contributed by atoms with Gasteiger partial charge in [-0.3, -0.25) is 9.36 Å². The molecule has 2 aromatic rings. The molecule has 1 aromatic heterocycles. The van der Waals surface area contributed by atoms with Crippen LogP contribution in [0.2, 0.25) is 0 Å². The number of anilines is 2. The van der Waals surface area contributed by atoms with Crippen molar-refractivity contribution in [1.29, 1.82) is 0 Å². The van der Waals surface area contributed by atoms with E-state index in [1.807, 2.05) is 51.1 Å². The molecule has 0 atom stereocenters. The molecule has 1 aromatic carbocycles. The topological polar surface area (TPSA) is 46.9 Å². The Morgan fingerprint density at radius 1 is 1.16 bits per heavy atom. The first-order valence-corrected chi connectivity index (χ1v) is 6.28. The van der Waals surface area contributed by atoms with Crippen LogP contribution in [0.15, 0.2) is 41.3 Å². The quantitative estimate of drug-likeness (QED) is 0.900. The van der Waals surface area contributed by atoms with Gasteiger partial charge in [0.25, 0.3) is 5.56 Å². The fraction of sp³-hybridized carbons (Fsp3) is 0.333. The number of nitrogens with zero attached hydrogens (tertiary/aromatic N) is 2. The van der Waals surface area contributed by atoms with E-state index in [1.54, 1.807) is 17.8 Å². The van der Waals surface area contributed by atoms with Crippen molar-refractivity contribution in [1.82, 2.24) is 9.55 Å².